The van der Waals surface area contributed by atoms with Crippen LogP contribution < -0.4 is 9.47 Å². The van der Waals surface area contributed by atoms with Crippen LogP contribution in [0.3, 0.4) is 0 Å². The Labute approximate surface area is 160 Å². The first-order valence-electron chi connectivity index (χ1n) is 8.08. The Bertz CT molecular complexity index is 783. The summed E-state index contributed by atoms with van der Waals surface area (Å²) in [5, 5.41) is 0. The second kappa shape index (κ2) is 7.95. The summed E-state index contributed by atoms with van der Waals surface area (Å²) in [6, 6.07) is 9.60. The average Bonchev–Trinajstić information content (AvgIpc) is 3.28. The van der Waals surface area contributed by atoms with E-state index in [0.717, 1.165) is 28.7 Å². The molecule has 0 N–H and O–H groups in total. The molecule has 2 aromatic rings. The van der Waals surface area contributed by atoms with Crippen molar-refractivity contribution < 1.29 is 18.7 Å². The monoisotopic (exact) mass is 453 g/mol. The zero-order valence-corrected chi connectivity index (χ0v) is 16.4. The summed E-state index contributed by atoms with van der Waals surface area (Å²) in [5.41, 5.74) is 1.06. The van der Waals surface area contributed by atoms with Crippen molar-refractivity contribution in [3.8, 4) is 11.5 Å². The second-order valence-corrected chi connectivity index (χ2v) is 6.84. The van der Waals surface area contributed by atoms with Crippen molar-refractivity contribution in [2.45, 2.75) is 18.9 Å². The number of furan rings is 1. The van der Waals surface area contributed by atoms with Gasteiger partial charge in [-0.3, -0.25) is 4.79 Å². The number of hydrogen-bond donors (Lipinski definition) is 0. The molecule has 1 unspecified atom stereocenters. The number of amides is 1. The van der Waals surface area contributed by atoms with Gasteiger partial charge in [-0.05, 0) is 71.3 Å². The Kier molecular flexibility index (Phi) is 5.67. The van der Waals surface area contributed by atoms with Gasteiger partial charge in [-0.2, -0.15) is 0 Å². The molecule has 1 aromatic heterocycles. The third-order valence-electron chi connectivity index (χ3n) is 4.31. The SMILES string of the molecule is COc1ccc(C2CCCN2C(=O)/C=C/c2ccc(I)o2)cc1OC. The number of halogens is 1. The van der Waals surface area contributed by atoms with Crippen LogP contribution in [0, 0.1) is 3.77 Å². The largest absolute Gasteiger partial charge is 0.493 e. The molecule has 1 amide bonds. The smallest absolute Gasteiger partial charge is 0.247 e. The maximum Gasteiger partial charge on any atom is 0.247 e. The number of carbonyl (C=O) groups excluding carboxylic acids is 1. The molecule has 132 valence electrons. The highest BCUT2D eigenvalue weighted by atomic mass is 127. The van der Waals surface area contributed by atoms with Gasteiger partial charge >= 0.3 is 0 Å². The molecule has 1 aliphatic heterocycles. The number of benzene rings is 1. The topological polar surface area (TPSA) is 51.9 Å². The molecule has 0 spiro atoms. The molecular formula is C19H20INO4. The lowest BCUT2D eigenvalue weighted by atomic mass is 10.0. The molecule has 1 atom stereocenters. The summed E-state index contributed by atoms with van der Waals surface area (Å²) in [4.78, 5) is 14.5. The van der Waals surface area contributed by atoms with Crippen molar-refractivity contribution in [1.29, 1.82) is 0 Å². The highest BCUT2D eigenvalue weighted by Crippen LogP contribution is 2.37. The fraction of sp³-hybridized carbons (Fsp3) is 0.316. The van der Waals surface area contributed by atoms with E-state index in [1.165, 1.54) is 0 Å². The van der Waals surface area contributed by atoms with Crippen molar-refractivity contribution in [2.75, 3.05) is 20.8 Å². The van der Waals surface area contributed by atoms with Crippen LogP contribution in [-0.2, 0) is 4.79 Å². The molecule has 1 saturated heterocycles. The molecule has 25 heavy (non-hydrogen) atoms. The number of ether oxygens (including phenoxy) is 2. The molecule has 1 aliphatic rings. The lowest BCUT2D eigenvalue weighted by Gasteiger charge is -2.24. The third-order valence-corrected chi connectivity index (χ3v) is 4.89. The van der Waals surface area contributed by atoms with E-state index in [4.69, 9.17) is 13.9 Å². The highest BCUT2D eigenvalue weighted by molar-refractivity contribution is 14.1. The van der Waals surface area contributed by atoms with Crippen LogP contribution >= 0.6 is 22.6 Å². The van der Waals surface area contributed by atoms with Crippen LogP contribution in [0.15, 0.2) is 40.8 Å². The van der Waals surface area contributed by atoms with Crippen LogP contribution in [0.4, 0.5) is 0 Å². The van der Waals surface area contributed by atoms with Crippen molar-refractivity contribution >= 4 is 34.6 Å². The minimum absolute atomic E-state index is 0.0105. The van der Waals surface area contributed by atoms with Gasteiger partial charge in [0.05, 0.1) is 20.3 Å². The normalized spacial score (nSPS) is 17.2. The van der Waals surface area contributed by atoms with E-state index in [-0.39, 0.29) is 11.9 Å². The fourth-order valence-corrected chi connectivity index (χ4v) is 3.54. The molecule has 1 aromatic carbocycles. The van der Waals surface area contributed by atoms with Gasteiger partial charge < -0.3 is 18.8 Å². The maximum absolute atomic E-state index is 12.6. The van der Waals surface area contributed by atoms with E-state index in [9.17, 15) is 4.79 Å². The molecule has 0 saturated carbocycles. The predicted octanol–water partition coefficient (Wildman–Crippen LogP) is 4.28. The van der Waals surface area contributed by atoms with Crippen molar-refractivity contribution in [3.05, 3.63) is 51.5 Å². The maximum atomic E-state index is 12.6. The second-order valence-electron chi connectivity index (χ2n) is 5.78. The molecule has 0 radical (unpaired) electrons. The lowest BCUT2D eigenvalue weighted by Crippen LogP contribution is -2.28. The van der Waals surface area contributed by atoms with E-state index in [0.29, 0.717) is 17.3 Å². The number of methoxy groups -OCH3 is 2. The standard InChI is InChI=1S/C19H20INO4/c1-23-16-8-5-13(12-17(16)24-2)15-4-3-11-21(15)19(22)10-7-14-6-9-18(20)25-14/h5-10,12,15H,3-4,11H2,1-2H3/b10-7+. The molecule has 5 nitrogen and oxygen atoms in total. The van der Waals surface area contributed by atoms with E-state index in [1.54, 1.807) is 26.4 Å². The Morgan fingerprint density at radius 2 is 2.04 bits per heavy atom. The summed E-state index contributed by atoms with van der Waals surface area (Å²) in [7, 11) is 3.23. The minimum atomic E-state index is -0.0105. The quantitative estimate of drug-likeness (QED) is 0.501. The molecular weight excluding hydrogens is 433 g/mol. The first kappa shape index (κ1) is 17.8. The lowest BCUT2D eigenvalue weighted by molar-refractivity contribution is -0.126. The average molecular weight is 453 g/mol. The minimum Gasteiger partial charge on any atom is -0.493 e. The van der Waals surface area contributed by atoms with Crippen LogP contribution in [-0.4, -0.2) is 31.6 Å². The van der Waals surface area contributed by atoms with E-state index < -0.39 is 0 Å². The van der Waals surface area contributed by atoms with Crippen LogP contribution in [0.2, 0.25) is 0 Å². The van der Waals surface area contributed by atoms with Gasteiger partial charge in [-0.1, -0.05) is 6.07 Å². The number of rotatable bonds is 5. The molecule has 0 bridgehead atoms. The van der Waals surface area contributed by atoms with Crippen molar-refractivity contribution in [2.24, 2.45) is 0 Å². The van der Waals surface area contributed by atoms with Crippen molar-refractivity contribution in [1.82, 2.24) is 4.90 Å². The van der Waals surface area contributed by atoms with E-state index in [1.807, 2.05) is 35.2 Å². The Morgan fingerprint density at radius 3 is 2.72 bits per heavy atom. The zero-order valence-electron chi connectivity index (χ0n) is 14.2. The summed E-state index contributed by atoms with van der Waals surface area (Å²) in [6.45, 7) is 0.748. The van der Waals surface area contributed by atoms with Gasteiger partial charge in [-0.15, -0.1) is 0 Å². The van der Waals surface area contributed by atoms with E-state index >= 15 is 0 Å². The van der Waals surface area contributed by atoms with Crippen LogP contribution in [0.1, 0.15) is 30.2 Å². The predicted molar refractivity (Wildman–Crippen MR) is 104 cm³/mol. The summed E-state index contributed by atoms with van der Waals surface area (Å²) in [5.74, 6) is 2.04. The first-order valence-corrected chi connectivity index (χ1v) is 9.16. The Balaban J connectivity index is 1.78. The third kappa shape index (κ3) is 4.00. The fourth-order valence-electron chi connectivity index (χ4n) is 3.10. The number of carbonyl (C=O) groups is 1. The molecule has 2 heterocycles. The molecule has 6 heteroatoms. The van der Waals surface area contributed by atoms with Crippen LogP contribution in [0.5, 0.6) is 11.5 Å². The summed E-state index contributed by atoms with van der Waals surface area (Å²) in [6.07, 6.45) is 5.22. The summed E-state index contributed by atoms with van der Waals surface area (Å²) >= 11 is 2.10. The van der Waals surface area contributed by atoms with E-state index in [2.05, 4.69) is 22.6 Å². The number of nitrogens with zero attached hydrogens (tertiary/aromatic N) is 1. The summed E-state index contributed by atoms with van der Waals surface area (Å²) < 4.78 is 16.9. The van der Waals surface area contributed by atoms with Gasteiger partial charge in [0.1, 0.15) is 5.76 Å². The van der Waals surface area contributed by atoms with Crippen molar-refractivity contribution in [3.63, 3.8) is 0 Å². The van der Waals surface area contributed by atoms with Gasteiger partial charge in [-0.25, -0.2) is 0 Å². The van der Waals surface area contributed by atoms with Gasteiger partial charge in [0.25, 0.3) is 0 Å². The Morgan fingerprint density at radius 1 is 1.24 bits per heavy atom. The van der Waals surface area contributed by atoms with Gasteiger partial charge in [0.15, 0.2) is 15.3 Å². The number of hydrogen-bond acceptors (Lipinski definition) is 4. The van der Waals surface area contributed by atoms with Crippen LogP contribution in [0.25, 0.3) is 6.08 Å². The molecule has 1 fully saturated rings. The number of likely N-dealkylation sites (tertiary alicyclic amines) is 1. The molecule has 0 aliphatic carbocycles. The van der Waals surface area contributed by atoms with Gasteiger partial charge in [0, 0.05) is 12.6 Å². The Hall–Kier alpha value is -1.96. The highest BCUT2D eigenvalue weighted by Gasteiger charge is 2.29. The first-order chi connectivity index (χ1) is 12.1. The molecule has 3 rings (SSSR count). The van der Waals surface area contributed by atoms with Gasteiger partial charge in [0.2, 0.25) is 5.91 Å². The zero-order chi connectivity index (χ0) is 17.8.